The van der Waals surface area contributed by atoms with E-state index in [4.69, 9.17) is 9.47 Å². The van der Waals surface area contributed by atoms with Gasteiger partial charge in [0.05, 0.1) is 18.4 Å². The third-order valence-electron chi connectivity index (χ3n) is 4.23. The summed E-state index contributed by atoms with van der Waals surface area (Å²) in [7, 11) is 0. The third-order valence-corrected chi connectivity index (χ3v) is 5.21. The molecule has 0 fully saturated rings. The smallest absolute Gasteiger partial charge is 0.275 e. The number of rotatable bonds is 9. The Hall–Kier alpha value is -2.64. The number of hydrogen-bond acceptors (Lipinski definition) is 4. The van der Waals surface area contributed by atoms with Crippen LogP contribution < -0.4 is 14.9 Å². The molecular formula is C24H22Br2N2O3. The van der Waals surface area contributed by atoms with Gasteiger partial charge in [0.1, 0.15) is 18.1 Å². The van der Waals surface area contributed by atoms with Crippen LogP contribution in [-0.2, 0) is 6.61 Å². The predicted molar refractivity (Wildman–Crippen MR) is 130 cm³/mol. The molecule has 0 atom stereocenters. The number of nitrogens with zero attached hydrogens (tertiary/aromatic N) is 1. The molecule has 3 aromatic rings. The first-order chi connectivity index (χ1) is 15.1. The van der Waals surface area contributed by atoms with Crippen LogP contribution in [0, 0.1) is 0 Å². The molecule has 31 heavy (non-hydrogen) atoms. The molecule has 3 rings (SSSR count). The van der Waals surface area contributed by atoms with Crippen LogP contribution >= 0.6 is 31.9 Å². The molecule has 160 valence electrons. The van der Waals surface area contributed by atoms with E-state index in [1.807, 2.05) is 61.5 Å². The van der Waals surface area contributed by atoms with E-state index in [9.17, 15) is 4.79 Å². The molecule has 0 radical (unpaired) electrons. The topological polar surface area (TPSA) is 59.9 Å². The van der Waals surface area contributed by atoms with Crippen molar-refractivity contribution in [2.24, 2.45) is 5.10 Å². The first-order valence-electron chi connectivity index (χ1n) is 9.79. The molecule has 0 aliphatic carbocycles. The Bertz CT molecular complexity index is 1060. The molecule has 0 bridgehead atoms. The Labute approximate surface area is 198 Å². The fraction of sp³-hybridized carbons (Fsp3) is 0.167. The van der Waals surface area contributed by atoms with Gasteiger partial charge in [0.15, 0.2) is 0 Å². The summed E-state index contributed by atoms with van der Waals surface area (Å²) in [6, 6.07) is 20.7. The zero-order chi connectivity index (χ0) is 22.1. The largest absolute Gasteiger partial charge is 0.493 e. The van der Waals surface area contributed by atoms with Crippen LogP contribution in [0.1, 0.15) is 34.8 Å². The van der Waals surface area contributed by atoms with Crippen molar-refractivity contribution in [3.8, 4) is 11.5 Å². The van der Waals surface area contributed by atoms with Gasteiger partial charge in [0.25, 0.3) is 5.91 Å². The number of amides is 1. The van der Waals surface area contributed by atoms with Crippen LogP contribution in [0.5, 0.6) is 11.5 Å². The van der Waals surface area contributed by atoms with Crippen molar-refractivity contribution in [3.05, 3.63) is 92.4 Å². The van der Waals surface area contributed by atoms with Crippen molar-refractivity contribution in [1.29, 1.82) is 0 Å². The molecule has 7 heteroatoms. The first-order valence-corrected chi connectivity index (χ1v) is 11.4. The first kappa shape index (κ1) is 23.0. The van der Waals surface area contributed by atoms with E-state index in [0.717, 1.165) is 26.5 Å². The van der Waals surface area contributed by atoms with E-state index >= 15 is 0 Å². The molecule has 0 aliphatic heterocycles. The van der Waals surface area contributed by atoms with E-state index in [1.54, 1.807) is 18.3 Å². The maximum atomic E-state index is 12.8. The minimum atomic E-state index is -0.369. The van der Waals surface area contributed by atoms with Gasteiger partial charge in [0, 0.05) is 14.5 Å². The second-order valence-corrected chi connectivity index (χ2v) is 8.48. The monoisotopic (exact) mass is 544 g/mol. The quantitative estimate of drug-likeness (QED) is 0.252. The molecule has 0 saturated heterocycles. The standard InChI is InChI=1S/C24H22Br2N2O3/c1-2-12-30-22-10-8-19(25)13-18(22)15-27-28-24(29)21-14-20(26)9-11-23(21)31-16-17-6-4-3-5-7-17/h3-11,13-15H,2,12,16H2,1H3,(H,28,29)/b27-15-. The van der Waals surface area contributed by atoms with Gasteiger partial charge in [-0.05, 0) is 48.4 Å². The number of hydrazone groups is 1. The van der Waals surface area contributed by atoms with Gasteiger partial charge in [-0.2, -0.15) is 5.10 Å². The minimum absolute atomic E-state index is 0.363. The lowest BCUT2D eigenvalue weighted by Crippen LogP contribution is -2.19. The van der Waals surface area contributed by atoms with Crippen molar-refractivity contribution in [1.82, 2.24) is 5.43 Å². The molecule has 0 aromatic heterocycles. The van der Waals surface area contributed by atoms with Crippen molar-refractivity contribution >= 4 is 44.0 Å². The van der Waals surface area contributed by atoms with E-state index in [0.29, 0.717) is 30.3 Å². The van der Waals surface area contributed by atoms with Crippen LogP contribution in [0.25, 0.3) is 0 Å². The van der Waals surface area contributed by atoms with Crippen LogP contribution in [-0.4, -0.2) is 18.7 Å². The van der Waals surface area contributed by atoms with Gasteiger partial charge in [-0.25, -0.2) is 5.43 Å². The summed E-state index contributed by atoms with van der Waals surface area (Å²) >= 11 is 6.86. The number of carbonyl (C=O) groups is 1. The van der Waals surface area contributed by atoms with Crippen molar-refractivity contribution < 1.29 is 14.3 Å². The zero-order valence-corrected chi connectivity index (χ0v) is 20.1. The average Bonchev–Trinajstić information content (AvgIpc) is 2.78. The van der Waals surface area contributed by atoms with Crippen LogP contribution in [0.4, 0.5) is 0 Å². The second kappa shape index (κ2) is 11.7. The van der Waals surface area contributed by atoms with E-state index in [2.05, 4.69) is 42.4 Å². The SMILES string of the molecule is CCCOc1ccc(Br)cc1/C=N\NC(=O)c1cc(Br)ccc1OCc1ccccc1. The van der Waals surface area contributed by atoms with Crippen LogP contribution in [0.15, 0.2) is 80.8 Å². The van der Waals surface area contributed by atoms with Gasteiger partial charge in [0.2, 0.25) is 0 Å². The summed E-state index contributed by atoms with van der Waals surface area (Å²) in [6.07, 6.45) is 2.47. The molecule has 0 saturated carbocycles. The van der Waals surface area contributed by atoms with Crippen molar-refractivity contribution in [2.75, 3.05) is 6.61 Å². The maximum absolute atomic E-state index is 12.8. The summed E-state index contributed by atoms with van der Waals surface area (Å²) in [5.74, 6) is 0.818. The average molecular weight is 546 g/mol. The molecular weight excluding hydrogens is 524 g/mol. The predicted octanol–water partition coefficient (Wildman–Crippen LogP) is 6.34. The summed E-state index contributed by atoms with van der Waals surface area (Å²) < 4.78 is 13.3. The highest BCUT2D eigenvalue weighted by atomic mass is 79.9. The highest BCUT2D eigenvalue weighted by Gasteiger charge is 2.13. The van der Waals surface area contributed by atoms with Gasteiger partial charge < -0.3 is 9.47 Å². The molecule has 0 aliphatic rings. The molecule has 0 unspecified atom stereocenters. The summed E-state index contributed by atoms with van der Waals surface area (Å²) in [5.41, 5.74) is 4.74. The van der Waals surface area contributed by atoms with E-state index in [1.165, 1.54) is 0 Å². The lowest BCUT2D eigenvalue weighted by molar-refractivity contribution is 0.0950. The maximum Gasteiger partial charge on any atom is 0.275 e. The van der Waals surface area contributed by atoms with Crippen LogP contribution in [0.2, 0.25) is 0 Å². The Balaban J connectivity index is 1.72. The lowest BCUT2D eigenvalue weighted by atomic mass is 10.2. The number of halogens is 2. The van der Waals surface area contributed by atoms with Crippen molar-refractivity contribution in [2.45, 2.75) is 20.0 Å². The van der Waals surface area contributed by atoms with E-state index < -0.39 is 0 Å². The van der Waals surface area contributed by atoms with E-state index in [-0.39, 0.29) is 5.91 Å². The molecule has 1 N–H and O–H groups in total. The fourth-order valence-corrected chi connectivity index (χ4v) is 3.47. The summed E-state index contributed by atoms with van der Waals surface area (Å²) in [6.45, 7) is 3.01. The highest BCUT2D eigenvalue weighted by Crippen LogP contribution is 2.25. The minimum Gasteiger partial charge on any atom is -0.493 e. The Morgan fingerprint density at radius 1 is 0.968 bits per heavy atom. The fourth-order valence-electron chi connectivity index (χ4n) is 2.73. The van der Waals surface area contributed by atoms with Gasteiger partial charge in [-0.3, -0.25) is 4.79 Å². The number of ether oxygens (including phenoxy) is 2. The Morgan fingerprint density at radius 3 is 2.42 bits per heavy atom. The number of nitrogens with one attached hydrogen (secondary N) is 1. The molecule has 0 spiro atoms. The normalized spacial score (nSPS) is 10.8. The van der Waals surface area contributed by atoms with Crippen LogP contribution in [0.3, 0.4) is 0 Å². The van der Waals surface area contributed by atoms with Gasteiger partial charge in [-0.1, -0.05) is 69.1 Å². The third kappa shape index (κ3) is 6.94. The lowest BCUT2D eigenvalue weighted by Gasteiger charge is -2.11. The number of benzene rings is 3. The molecule has 5 nitrogen and oxygen atoms in total. The Kier molecular flexibility index (Phi) is 8.67. The molecule has 1 amide bonds. The second-order valence-electron chi connectivity index (χ2n) is 6.64. The summed E-state index contributed by atoms with van der Waals surface area (Å²) in [5, 5.41) is 4.12. The number of carbonyl (C=O) groups excluding carboxylic acids is 1. The summed E-state index contributed by atoms with van der Waals surface area (Å²) in [4.78, 5) is 12.8. The van der Waals surface area contributed by atoms with Gasteiger partial charge in [-0.15, -0.1) is 0 Å². The van der Waals surface area contributed by atoms with Crippen molar-refractivity contribution in [3.63, 3.8) is 0 Å². The molecule has 0 heterocycles. The molecule has 3 aromatic carbocycles. The zero-order valence-electron chi connectivity index (χ0n) is 17.0. The highest BCUT2D eigenvalue weighted by molar-refractivity contribution is 9.10. The number of hydrogen-bond donors (Lipinski definition) is 1. The van der Waals surface area contributed by atoms with Gasteiger partial charge >= 0.3 is 0 Å². The Morgan fingerprint density at radius 2 is 1.68 bits per heavy atom.